The first-order chi connectivity index (χ1) is 7.13. The topological polar surface area (TPSA) is 72.5 Å². The fourth-order valence-corrected chi connectivity index (χ4v) is 1.17. The highest BCUT2D eigenvalue weighted by Crippen LogP contribution is 2.18. The lowest BCUT2D eigenvalue weighted by Gasteiger charge is -2.09. The molecule has 4 nitrogen and oxygen atoms in total. The van der Waals surface area contributed by atoms with Crippen LogP contribution in [0, 0.1) is 0 Å². The van der Waals surface area contributed by atoms with Crippen LogP contribution in [0.15, 0.2) is 24.3 Å². The molecule has 0 aromatic heterocycles. The van der Waals surface area contributed by atoms with E-state index in [0.717, 1.165) is 5.56 Å². The van der Waals surface area contributed by atoms with Gasteiger partial charge in [0, 0.05) is 0 Å². The zero-order valence-corrected chi connectivity index (χ0v) is 8.64. The van der Waals surface area contributed by atoms with Crippen molar-refractivity contribution in [3.05, 3.63) is 29.8 Å². The number of carboxylic acid groups (broad SMARTS) is 1. The van der Waals surface area contributed by atoms with Crippen molar-refractivity contribution in [2.75, 3.05) is 13.2 Å². The van der Waals surface area contributed by atoms with E-state index in [1.54, 1.807) is 12.1 Å². The van der Waals surface area contributed by atoms with Gasteiger partial charge in [-0.25, -0.2) is 4.79 Å². The van der Waals surface area contributed by atoms with Gasteiger partial charge in [0.25, 0.3) is 0 Å². The summed E-state index contributed by atoms with van der Waals surface area (Å²) in [7, 11) is 0. The maximum Gasteiger partial charge on any atom is 0.341 e. The predicted octanol–water partition coefficient (Wildman–Crippen LogP) is 1.21. The minimum atomic E-state index is -0.977. The van der Waals surface area contributed by atoms with E-state index in [4.69, 9.17) is 15.6 Å². The summed E-state index contributed by atoms with van der Waals surface area (Å²) in [6, 6.07) is 7.30. The molecular weight excluding hydrogens is 194 g/mol. The molecule has 0 aliphatic heterocycles. The number of rotatable bonds is 5. The molecule has 0 heterocycles. The quantitative estimate of drug-likeness (QED) is 0.764. The summed E-state index contributed by atoms with van der Waals surface area (Å²) in [4.78, 5) is 10.3. The molecule has 1 unspecified atom stereocenters. The molecule has 82 valence electrons. The first kappa shape index (κ1) is 11.5. The SMILES string of the molecule is CC(CN)c1ccc(OCC(=O)O)cc1. The highest BCUT2D eigenvalue weighted by atomic mass is 16.5. The highest BCUT2D eigenvalue weighted by molar-refractivity contribution is 5.68. The molecular formula is C11H15NO3. The van der Waals surface area contributed by atoms with Crippen LogP contribution in [0.3, 0.4) is 0 Å². The molecule has 0 saturated heterocycles. The second-order valence-electron chi connectivity index (χ2n) is 3.39. The van der Waals surface area contributed by atoms with Gasteiger partial charge in [0.1, 0.15) is 5.75 Å². The Morgan fingerprint density at radius 3 is 2.53 bits per heavy atom. The zero-order chi connectivity index (χ0) is 11.3. The van der Waals surface area contributed by atoms with Crippen LogP contribution in [-0.2, 0) is 4.79 Å². The zero-order valence-electron chi connectivity index (χ0n) is 8.64. The Labute approximate surface area is 88.7 Å². The fraction of sp³-hybridized carbons (Fsp3) is 0.364. The second kappa shape index (κ2) is 5.36. The third kappa shape index (κ3) is 3.59. The van der Waals surface area contributed by atoms with Crippen LogP contribution in [0.4, 0.5) is 0 Å². The van der Waals surface area contributed by atoms with Crippen molar-refractivity contribution in [1.29, 1.82) is 0 Å². The molecule has 4 heteroatoms. The summed E-state index contributed by atoms with van der Waals surface area (Å²) < 4.78 is 5.01. The number of aliphatic carboxylic acids is 1. The predicted molar refractivity (Wildman–Crippen MR) is 57.0 cm³/mol. The van der Waals surface area contributed by atoms with Crippen LogP contribution >= 0.6 is 0 Å². The van der Waals surface area contributed by atoms with E-state index < -0.39 is 5.97 Å². The Morgan fingerprint density at radius 2 is 2.07 bits per heavy atom. The molecule has 0 aliphatic rings. The Balaban J connectivity index is 2.60. The van der Waals surface area contributed by atoms with Crippen molar-refractivity contribution in [3.8, 4) is 5.75 Å². The molecule has 0 fully saturated rings. The van der Waals surface area contributed by atoms with Gasteiger partial charge in [-0.2, -0.15) is 0 Å². The lowest BCUT2D eigenvalue weighted by molar-refractivity contribution is -0.139. The lowest BCUT2D eigenvalue weighted by atomic mass is 10.0. The molecule has 0 radical (unpaired) electrons. The monoisotopic (exact) mass is 209 g/mol. The molecule has 1 aromatic carbocycles. The molecule has 3 N–H and O–H groups in total. The van der Waals surface area contributed by atoms with Gasteiger partial charge >= 0.3 is 5.97 Å². The van der Waals surface area contributed by atoms with E-state index in [-0.39, 0.29) is 6.61 Å². The van der Waals surface area contributed by atoms with Crippen LogP contribution in [0.1, 0.15) is 18.4 Å². The Hall–Kier alpha value is -1.55. The van der Waals surface area contributed by atoms with Crippen molar-refractivity contribution in [2.24, 2.45) is 5.73 Å². The van der Waals surface area contributed by atoms with E-state index in [1.165, 1.54) is 0 Å². The van der Waals surface area contributed by atoms with Gasteiger partial charge in [-0.3, -0.25) is 0 Å². The van der Waals surface area contributed by atoms with Gasteiger partial charge in [0.2, 0.25) is 0 Å². The highest BCUT2D eigenvalue weighted by Gasteiger charge is 2.03. The van der Waals surface area contributed by atoms with Crippen LogP contribution in [-0.4, -0.2) is 24.2 Å². The van der Waals surface area contributed by atoms with Crippen molar-refractivity contribution >= 4 is 5.97 Å². The Kier molecular flexibility index (Phi) is 4.12. The average Bonchev–Trinajstić information content (AvgIpc) is 2.26. The van der Waals surface area contributed by atoms with Crippen LogP contribution in [0.25, 0.3) is 0 Å². The van der Waals surface area contributed by atoms with Gasteiger partial charge in [0.05, 0.1) is 0 Å². The first-order valence-corrected chi connectivity index (χ1v) is 4.78. The van der Waals surface area contributed by atoms with Gasteiger partial charge in [0.15, 0.2) is 6.61 Å². The summed E-state index contributed by atoms with van der Waals surface area (Å²) in [6.45, 7) is 2.31. The first-order valence-electron chi connectivity index (χ1n) is 4.78. The van der Waals surface area contributed by atoms with Crippen LogP contribution in [0.5, 0.6) is 5.75 Å². The standard InChI is InChI=1S/C11H15NO3/c1-8(6-12)9-2-4-10(5-3-9)15-7-11(13)14/h2-5,8H,6-7,12H2,1H3,(H,13,14). The smallest absolute Gasteiger partial charge is 0.341 e. The Bertz CT molecular complexity index is 321. The number of hydrogen-bond acceptors (Lipinski definition) is 3. The summed E-state index contributed by atoms with van der Waals surface area (Å²) in [5.74, 6) is -0.113. The molecule has 0 amide bonds. The fourth-order valence-electron chi connectivity index (χ4n) is 1.17. The summed E-state index contributed by atoms with van der Waals surface area (Å²) >= 11 is 0. The average molecular weight is 209 g/mol. The van der Waals surface area contributed by atoms with E-state index >= 15 is 0 Å². The van der Waals surface area contributed by atoms with E-state index in [9.17, 15) is 4.79 Å². The van der Waals surface area contributed by atoms with Crippen molar-refractivity contribution in [3.63, 3.8) is 0 Å². The van der Waals surface area contributed by atoms with Gasteiger partial charge < -0.3 is 15.6 Å². The van der Waals surface area contributed by atoms with Crippen molar-refractivity contribution in [1.82, 2.24) is 0 Å². The molecule has 0 bridgehead atoms. The van der Waals surface area contributed by atoms with E-state index in [2.05, 4.69) is 0 Å². The Morgan fingerprint density at radius 1 is 1.47 bits per heavy atom. The third-order valence-electron chi connectivity index (χ3n) is 2.16. The number of benzene rings is 1. The lowest BCUT2D eigenvalue weighted by Crippen LogP contribution is -2.10. The number of ether oxygens (including phenoxy) is 1. The largest absolute Gasteiger partial charge is 0.482 e. The van der Waals surface area contributed by atoms with Crippen LogP contribution < -0.4 is 10.5 Å². The van der Waals surface area contributed by atoms with Crippen LogP contribution in [0.2, 0.25) is 0 Å². The summed E-state index contributed by atoms with van der Waals surface area (Å²) in [5, 5.41) is 8.41. The molecule has 15 heavy (non-hydrogen) atoms. The maximum atomic E-state index is 10.3. The molecule has 0 aliphatic carbocycles. The number of nitrogens with two attached hydrogens (primary N) is 1. The van der Waals surface area contributed by atoms with Gasteiger partial charge in [-0.1, -0.05) is 19.1 Å². The minimum Gasteiger partial charge on any atom is -0.482 e. The van der Waals surface area contributed by atoms with Crippen molar-refractivity contribution in [2.45, 2.75) is 12.8 Å². The summed E-state index contributed by atoms with van der Waals surface area (Å²) in [5.41, 5.74) is 6.66. The number of carboxylic acids is 1. The van der Waals surface area contributed by atoms with Crippen molar-refractivity contribution < 1.29 is 14.6 Å². The van der Waals surface area contributed by atoms with E-state index in [1.807, 2.05) is 19.1 Å². The normalized spacial score (nSPS) is 12.1. The minimum absolute atomic E-state index is 0.304. The molecule has 1 atom stereocenters. The van der Waals surface area contributed by atoms with E-state index in [0.29, 0.717) is 18.2 Å². The maximum absolute atomic E-state index is 10.3. The molecule has 0 spiro atoms. The molecule has 1 rings (SSSR count). The van der Waals surface area contributed by atoms with Gasteiger partial charge in [-0.05, 0) is 30.2 Å². The number of hydrogen-bond donors (Lipinski definition) is 2. The summed E-state index contributed by atoms with van der Waals surface area (Å²) in [6.07, 6.45) is 0. The van der Waals surface area contributed by atoms with Gasteiger partial charge in [-0.15, -0.1) is 0 Å². The second-order valence-corrected chi connectivity index (χ2v) is 3.39. The number of carbonyl (C=O) groups is 1. The molecule has 1 aromatic rings. The molecule has 0 saturated carbocycles. The third-order valence-corrected chi connectivity index (χ3v) is 2.16.